The number of hydrogen-bond donors (Lipinski definition) is 2. The molecule has 2 aromatic carbocycles. The Balaban J connectivity index is 1.84. The van der Waals surface area contributed by atoms with Crippen molar-refractivity contribution in [1.82, 2.24) is 5.32 Å². The molecule has 0 bridgehead atoms. The Hall–Kier alpha value is -2.49. The molecule has 110 valence electrons. The molecule has 0 aliphatic carbocycles. The van der Waals surface area contributed by atoms with Gasteiger partial charge in [-0.05, 0) is 44.0 Å². The average Bonchev–Trinajstić information content (AvgIpc) is 2.45. The van der Waals surface area contributed by atoms with E-state index in [1.807, 2.05) is 63.2 Å². The van der Waals surface area contributed by atoms with Crippen molar-refractivity contribution in [1.29, 1.82) is 0 Å². The zero-order chi connectivity index (χ0) is 15.2. The normalized spacial score (nSPS) is 10.0. The number of ether oxygens (including phenoxy) is 1. The molecule has 4 heteroatoms. The fraction of sp³-hybridized carbons (Fsp3) is 0.235. The van der Waals surface area contributed by atoms with Crippen molar-refractivity contribution in [2.24, 2.45) is 0 Å². The van der Waals surface area contributed by atoms with E-state index in [4.69, 9.17) is 4.74 Å². The lowest BCUT2D eigenvalue weighted by Crippen LogP contribution is -2.32. The van der Waals surface area contributed by atoms with Gasteiger partial charge in [-0.15, -0.1) is 0 Å². The Morgan fingerprint density at radius 2 is 1.62 bits per heavy atom. The molecule has 2 rings (SSSR count). The minimum Gasteiger partial charge on any atom is -0.473 e. The van der Waals surface area contributed by atoms with Crippen LogP contribution in [0.15, 0.2) is 42.5 Å². The lowest BCUT2D eigenvalue weighted by atomic mass is 10.1. The summed E-state index contributed by atoms with van der Waals surface area (Å²) in [6.07, 6.45) is 0. The van der Waals surface area contributed by atoms with Crippen LogP contribution in [0.2, 0.25) is 0 Å². The SMILES string of the molecule is Cc1ccc(OCNC(=O)Nc2c(C)cccc2C)cc1. The van der Waals surface area contributed by atoms with Gasteiger partial charge in [-0.25, -0.2) is 4.79 Å². The fourth-order valence-corrected chi connectivity index (χ4v) is 1.99. The highest BCUT2D eigenvalue weighted by Gasteiger charge is 2.06. The molecule has 4 nitrogen and oxygen atoms in total. The number of nitrogens with one attached hydrogen (secondary N) is 2. The van der Waals surface area contributed by atoms with Crippen molar-refractivity contribution in [2.75, 3.05) is 12.0 Å². The first-order chi connectivity index (χ1) is 10.1. The number of amides is 2. The maximum Gasteiger partial charge on any atom is 0.321 e. The van der Waals surface area contributed by atoms with Crippen LogP contribution in [-0.2, 0) is 0 Å². The van der Waals surface area contributed by atoms with Crippen LogP contribution in [0.25, 0.3) is 0 Å². The first kappa shape index (κ1) is 14.9. The highest BCUT2D eigenvalue weighted by Crippen LogP contribution is 2.19. The van der Waals surface area contributed by atoms with E-state index in [2.05, 4.69) is 10.6 Å². The van der Waals surface area contributed by atoms with Gasteiger partial charge >= 0.3 is 6.03 Å². The van der Waals surface area contributed by atoms with Gasteiger partial charge in [0.2, 0.25) is 0 Å². The summed E-state index contributed by atoms with van der Waals surface area (Å²) in [5.41, 5.74) is 4.07. The predicted molar refractivity (Wildman–Crippen MR) is 84.7 cm³/mol. The molecular formula is C17H20N2O2. The smallest absolute Gasteiger partial charge is 0.321 e. The number of benzene rings is 2. The Morgan fingerprint density at radius 3 is 2.24 bits per heavy atom. The second-order valence-corrected chi connectivity index (χ2v) is 5.00. The molecule has 2 N–H and O–H groups in total. The van der Waals surface area contributed by atoms with Crippen molar-refractivity contribution in [3.05, 3.63) is 59.2 Å². The number of aryl methyl sites for hydroxylation is 3. The molecule has 0 aliphatic rings. The Morgan fingerprint density at radius 1 is 1.00 bits per heavy atom. The largest absolute Gasteiger partial charge is 0.473 e. The monoisotopic (exact) mass is 284 g/mol. The van der Waals surface area contributed by atoms with Crippen molar-refractivity contribution in [3.63, 3.8) is 0 Å². The van der Waals surface area contributed by atoms with Gasteiger partial charge in [0.05, 0.1) is 0 Å². The van der Waals surface area contributed by atoms with Crippen molar-refractivity contribution in [3.8, 4) is 5.75 Å². The van der Waals surface area contributed by atoms with Gasteiger partial charge in [-0.3, -0.25) is 0 Å². The summed E-state index contributed by atoms with van der Waals surface area (Å²) < 4.78 is 5.46. The maximum absolute atomic E-state index is 11.9. The summed E-state index contributed by atoms with van der Waals surface area (Å²) in [7, 11) is 0. The zero-order valence-corrected chi connectivity index (χ0v) is 12.6. The quantitative estimate of drug-likeness (QED) is 0.840. The number of anilines is 1. The second-order valence-electron chi connectivity index (χ2n) is 5.00. The van der Waals surface area contributed by atoms with Crippen LogP contribution in [0.5, 0.6) is 5.75 Å². The topological polar surface area (TPSA) is 50.4 Å². The molecule has 0 heterocycles. The summed E-state index contributed by atoms with van der Waals surface area (Å²) in [6.45, 7) is 6.07. The Bertz CT molecular complexity index is 601. The summed E-state index contributed by atoms with van der Waals surface area (Å²) in [6, 6.07) is 13.3. The minimum atomic E-state index is -0.278. The Labute approximate surface area is 125 Å². The number of rotatable bonds is 4. The van der Waals surface area contributed by atoms with E-state index in [0.29, 0.717) is 0 Å². The molecule has 0 fully saturated rings. The van der Waals surface area contributed by atoms with E-state index in [9.17, 15) is 4.79 Å². The van der Waals surface area contributed by atoms with E-state index in [-0.39, 0.29) is 12.8 Å². The van der Waals surface area contributed by atoms with Crippen molar-refractivity contribution in [2.45, 2.75) is 20.8 Å². The van der Waals surface area contributed by atoms with E-state index < -0.39 is 0 Å². The summed E-state index contributed by atoms with van der Waals surface area (Å²) in [5.74, 6) is 0.730. The van der Waals surface area contributed by atoms with Crippen LogP contribution in [0.3, 0.4) is 0 Å². The van der Waals surface area contributed by atoms with Gasteiger partial charge < -0.3 is 15.4 Å². The third kappa shape index (κ3) is 4.24. The molecule has 0 spiro atoms. The summed E-state index contributed by atoms with van der Waals surface area (Å²) in [5, 5.41) is 5.52. The number of hydrogen-bond acceptors (Lipinski definition) is 2. The van der Waals surface area contributed by atoms with Crippen LogP contribution in [-0.4, -0.2) is 12.8 Å². The average molecular weight is 284 g/mol. The first-order valence-corrected chi connectivity index (χ1v) is 6.87. The van der Waals surface area contributed by atoms with E-state index in [1.54, 1.807) is 0 Å². The fourth-order valence-electron chi connectivity index (χ4n) is 1.99. The van der Waals surface area contributed by atoms with Crippen LogP contribution in [0, 0.1) is 20.8 Å². The number of carbonyl (C=O) groups is 1. The third-order valence-electron chi connectivity index (χ3n) is 3.21. The van der Waals surface area contributed by atoms with Crippen LogP contribution >= 0.6 is 0 Å². The van der Waals surface area contributed by atoms with Crippen molar-refractivity contribution < 1.29 is 9.53 Å². The number of carbonyl (C=O) groups excluding carboxylic acids is 1. The molecule has 0 saturated carbocycles. The van der Waals surface area contributed by atoms with E-state index >= 15 is 0 Å². The van der Waals surface area contributed by atoms with Gasteiger partial charge in [0.1, 0.15) is 5.75 Å². The van der Waals surface area contributed by atoms with Crippen molar-refractivity contribution >= 4 is 11.7 Å². The number of urea groups is 1. The van der Waals surface area contributed by atoms with E-state index in [0.717, 1.165) is 22.6 Å². The molecule has 21 heavy (non-hydrogen) atoms. The highest BCUT2D eigenvalue weighted by atomic mass is 16.5. The molecule has 0 aromatic heterocycles. The lowest BCUT2D eigenvalue weighted by Gasteiger charge is -2.13. The molecule has 0 unspecified atom stereocenters. The first-order valence-electron chi connectivity index (χ1n) is 6.87. The van der Waals surface area contributed by atoms with E-state index in [1.165, 1.54) is 5.56 Å². The van der Waals surface area contributed by atoms with Gasteiger partial charge in [0.25, 0.3) is 0 Å². The second kappa shape index (κ2) is 6.79. The number of para-hydroxylation sites is 1. The highest BCUT2D eigenvalue weighted by molar-refractivity contribution is 5.90. The predicted octanol–water partition coefficient (Wildman–Crippen LogP) is 3.77. The van der Waals surface area contributed by atoms with Gasteiger partial charge in [-0.2, -0.15) is 0 Å². The summed E-state index contributed by atoms with van der Waals surface area (Å²) >= 11 is 0. The molecule has 0 atom stereocenters. The third-order valence-corrected chi connectivity index (χ3v) is 3.21. The zero-order valence-electron chi connectivity index (χ0n) is 12.6. The van der Waals surface area contributed by atoms with Gasteiger partial charge in [0.15, 0.2) is 6.73 Å². The molecule has 2 amide bonds. The molecule has 0 aliphatic heterocycles. The standard InChI is InChI=1S/C17H20N2O2/c1-12-7-9-15(10-8-12)21-11-18-17(20)19-16-13(2)5-4-6-14(16)3/h4-10H,11H2,1-3H3,(H2,18,19,20). The minimum absolute atomic E-state index is 0.125. The van der Waals surface area contributed by atoms with Gasteiger partial charge in [-0.1, -0.05) is 35.9 Å². The Kier molecular flexibility index (Phi) is 4.82. The maximum atomic E-state index is 11.9. The molecular weight excluding hydrogens is 264 g/mol. The lowest BCUT2D eigenvalue weighted by molar-refractivity contribution is 0.234. The molecule has 2 aromatic rings. The summed E-state index contributed by atoms with van der Waals surface area (Å²) in [4.78, 5) is 11.9. The van der Waals surface area contributed by atoms with Crippen LogP contribution < -0.4 is 15.4 Å². The van der Waals surface area contributed by atoms with Crippen LogP contribution in [0.4, 0.5) is 10.5 Å². The van der Waals surface area contributed by atoms with Gasteiger partial charge in [0, 0.05) is 5.69 Å². The molecule has 0 saturated heterocycles. The molecule has 0 radical (unpaired) electrons. The van der Waals surface area contributed by atoms with Crippen LogP contribution in [0.1, 0.15) is 16.7 Å².